The molecule has 7 heteroatoms. The third-order valence-corrected chi connectivity index (χ3v) is 3.18. The summed E-state index contributed by atoms with van der Waals surface area (Å²) in [7, 11) is 0. The van der Waals surface area contributed by atoms with E-state index in [1.165, 1.54) is 6.07 Å². The number of aryl methyl sites for hydroxylation is 1. The second-order valence-electron chi connectivity index (χ2n) is 4.36. The number of rotatable bonds is 6. The Kier molecular flexibility index (Phi) is 4.57. The molecule has 1 aromatic carbocycles. The molecule has 2 aromatic rings. The summed E-state index contributed by atoms with van der Waals surface area (Å²) in [5, 5.41) is 14.0. The van der Waals surface area contributed by atoms with Crippen LogP contribution in [0.3, 0.4) is 0 Å². The van der Waals surface area contributed by atoms with Crippen LogP contribution in [0.5, 0.6) is 0 Å². The molecule has 0 amide bonds. The Balaban J connectivity index is 2.05. The smallest absolute Gasteiger partial charge is 0.288 e. The van der Waals surface area contributed by atoms with Crippen LogP contribution in [-0.2, 0) is 13.1 Å². The predicted molar refractivity (Wildman–Crippen MR) is 78.0 cm³/mol. The molecule has 0 bridgehead atoms. The molecule has 0 aliphatic rings. The van der Waals surface area contributed by atoms with Gasteiger partial charge in [0.15, 0.2) is 0 Å². The maximum atomic E-state index is 10.7. The third kappa shape index (κ3) is 3.27. The molecule has 0 aliphatic carbocycles. The Morgan fingerprint density at radius 1 is 1.50 bits per heavy atom. The topological polar surface area (TPSA) is 73.0 Å². The molecule has 0 unspecified atom stereocenters. The van der Waals surface area contributed by atoms with E-state index in [-0.39, 0.29) is 10.7 Å². The SMILES string of the molecule is CCCn1cncc1CNc1ccc([N+](=O)[O-])c(Cl)c1. The van der Waals surface area contributed by atoms with E-state index in [9.17, 15) is 10.1 Å². The number of hydrogen-bond donors (Lipinski definition) is 1. The largest absolute Gasteiger partial charge is 0.379 e. The number of imidazole rings is 1. The quantitative estimate of drug-likeness (QED) is 0.654. The molecular weight excluding hydrogens is 280 g/mol. The van der Waals surface area contributed by atoms with E-state index in [1.54, 1.807) is 24.7 Å². The average molecular weight is 295 g/mol. The first kappa shape index (κ1) is 14.3. The molecule has 0 fully saturated rings. The highest BCUT2D eigenvalue weighted by atomic mass is 35.5. The third-order valence-electron chi connectivity index (χ3n) is 2.88. The highest BCUT2D eigenvalue weighted by Gasteiger charge is 2.12. The van der Waals surface area contributed by atoms with Crippen molar-refractivity contribution < 1.29 is 4.92 Å². The fourth-order valence-electron chi connectivity index (χ4n) is 1.90. The second kappa shape index (κ2) is 6.38. The van der Waals surface area contributed by atoms with Gasteiger partial charge in [0.25, 0.3) is 5.69 Å². The number of halogens is 1. The van der Waals surface area contributed by atoms with Crippen molar-refractivity contribution >= 4 is 23.0 Å². The summed E-state index contributed by atoms with van der Waals surface area (Å²) in [6.07, 6.45) is 4.63. The maximum Gasteiger partial charge on any atom is 0.288 e. The number of benzene rings is 1. The number of nitro groups is 1. The molecule has 0 radical (unpaired) electrons. The monoisotopic (exact) mass is 294 g/mol. The standard InChI is InChI=1S/C13H15ClN4O2/c1-2-5-17-9-15-7-11(17)8-16-10-3-4-13(18(19)20)12(14)6-10/h3-4,6-7,9,16H,2,5,8H2,1H3. The van der Waals surface area contributed by atoms with Crippen molar-refractivity contribution in [2.75, 3.05) is 5.32 Å². The highest BCUT2D eigenvalue weighted by molar-refractivity contribution is 6.32. The van der Waals surface area contributed by atoms with Crippen LogP contribution in [0.4, 0.5) is 11.4 Å². The molecule has 1 heterocycles. The van der Waals surface area contributed by atoms with E-state index in [2.05, 4.69) is 21.8 Å². The van der Waals surface area contributed by atoms with E-state index in [0.717, 1.165) is 24.3 Å². The van der Waals surface area contributed by atoms with Crippen LogP contribution in [0.1, 0.15) is 19.0 Å². The summed E-state index contributed by atoms with van der Waals surface area (Å²) < 4.78 is 2.07. The maximum absolute atomic E-state index is 10.7. The van der Waals surface area contributed by atoms with Crippen LogP contribution in [0.25, 0.3) is 0 Å². The highest BCUT2D eigenvalue weighted by Crippen LogP contribution is 2.27. The van der Waals surface area contributed by atoms with Crippen molar-refractivity contribution in [2.24, 2.45) is 0 Å². The summed E-state index contributed by atoms with van der Waals surface area (Å²) in [5.74, 6) is 0. The fraction of sp³-hybridized carbons (Fsp3) is 0.308. The molecule has 0 saturated heterocycles. The molecule has 1 aromatic heterocycles. The molecule has 0 aliphatic heterocycles. The van der Waals surface area contributed by atoms with Crippen molar-refractivity contribution in [1.29, 1.82) is 0 Å². The Labute approximate surface area is 121 Å². The van der Waals surface area contributed by atoms with Gasteiger partial charge in [-0.1, -0.05) is 18.5 Å². The minimum Gasteiger partial charge on any atom is -0.379 e. The molecule has 6 nitrogen and oxygen atoms in total. The molecule has 0 saturated carbocycles. The normalized spacial score (nSPS) is 10.5. The molecule has 20 heavy (non-hydrogen) atoms. The van der Waals surface area contributed by atoms with Crippen LogP contribution in [-0.4, -0.2) is 14.5 Å². The lowest BCUT2D eigenvalue weighted by atomic mass is 10.2. The minimum atomic E-state index is -0.498. The van der Waals surface area contributed by atoms with Crippen molar-refractivity contribution in [3.63, 3.8) is 0 Å². The molecule has 0 spiro atoms. The van der Waals surface area contributed by atoms with Gasteiger partial charge in [0.05, 0.1) is 23.5 Å². The molecule has 2 rings (SSSR count). The number of anilines is 1. The van der Waals surface area contributed by atoms with Gasteiger partial charge in [0, 0.05) is 24.5 Å². The zero-order valence-electron chi connectivity index (χ0n) is 11.0. The molecular formula is C13H15ClN4O2. The molecule has 0 atom stereocenters. The van der Waals surface area contributed by atoms with Gasteiger partial charge in [-0.05, 0) is 18.6 Å². The van der Waals surface area contributed by atoms with Gasteiger partial charge in [-0.15, -0.1) is 0 Å². The number of aromatic nitrogens is 2. The predicted octanol–water partition coefficient (Wildman–Crippen LogP) is 3.47. The molecule has 106 valence electrons. The van der Waals surface area contributed by atoms with Crippen LogP contribution < -0.4 is 5.32 Å². The summed E-state index contributed by atoms with van der Waals surface area (Å²) in [4.78, 5) is 14.3. The summed E-state index contributed by atoms with van der Waals surface area (Å²) >= 11 is 5.87. The zero-order chi connectivity index (χ0) is 14.5. The van der Waals surface area contributed by atoms with Crippen molar-refractivity contribution in [2.45, 2.75) is 26.4 Å². The van der Waals surface area contributed by atoms with Crippen molar-refractivity contribution in [3.05, 3.63) is 51.6 Å². The van der Waals surface area contributed by atoms with Crippen LogP contribution in [0.2, 0.25) is 5.02 Å². The van der Waals surface area contributed by atoms with Gasteiger partial charge < -0.3 is 9.88 Å². The van der Waals surface area contributed by atoms with E-state index >= 15 is 0 Å². The van der Waals surface area contributed by atoms with Crippen molar-refractivity contribution in [3.8, 4) is 0 Å². The van der Waals surface area contributed by atoms with E-state index in [0.29, 0.717) is 6.54 Å². The van der Waals surface area contributed by atoms with E-state index in [1.807, 2.05) is 0 Å². The number of nitro benzene ring substituents is 1. The Morgan fingerprint density at radius 2 is 2.30 bits per heavy atom. The zero-order valence-corrected chi connectivity index (χ0v) is 11.8. The van der Waals surface area contributed by atoms with E-state index < -0.39 is 4.92 Å². The first-order valence-electron chi connectivity index (χ1n) is 6.28. The summed E-state index contributed by atoms with van der Waals surface area (Å²) in [6, 6.07) is 4.60. The number of hydrogen-bond acceptors (Lipinski definition) is 4. The van der Waals surface area contributed by atoms with Crippen LogP contribution >= 0.6 is 11.6 Å². The fourth-order valence-corrected chi connectivity index (χ4v) is 2.14. The lowest BCUT2D eigenvalue weighted by Crippen LogP contribution is -2.07. The van der Waals surface area contributed by atoms with Gasteiger partial charge >= 0.3 is 0 Å². The Bertz CT molecular complexity index is 612. The Morgan fingerprint density at radius 3 is 2.95 bits per heavy atom. The number of nitrogens with one attached hydrogen (secondary N) is 1. The first-order valence-corrected chi connectivity index (χ1v) is 6.66. The first-order chi connectivity index (χ1) is 9.61. The summed E-state index contributed by atoms with van der Waals surface area (Å²) in [5.41, 5.74) is 1.71. The van der Waals surface area contributed by atoms with Gasteiger partial charge in [-0.2, -0.15) is 0 Å². The van der Waals surface area contributed by atoms with Gasteiger partial charge in [-0.3, -0.25) is 10.1 Å². The Hall–Kier alpha value is -2.08. The van der Waals surface area contributed by atoms with E-state index in [4.69, 9.17) is 11.6 Å². The summed E-state index contributed by atoms with van der Waals surface area (Å²) in [6.45, 7) is 3.61. The van der Waals surface area contributed by atoms with Gasteiger partial charge in [0.2, 0.25) is 0 Å². The molecule has 1 N–H and O–H groups in total. The van der Waals surface area contributed by atoms with Crippen molar-refractivity contribution in [1.82, 2.24) is 9.55 Å². The average Bonchev–Trinajstić information content (AvgIpc) is 2.84. The second-order valence-corrected chi connectivity index (χ2v) is 4.76. The van der Waals surface area contributed by atoms with Gasteiger partial charge in [0.1, 0.15) is 5.02 Å². The minimum absolute atomic E-state index is 0.0896. The van der Waals surface area contributed by atoms with Crippen LogP contribution in [0.15, 0.2) is 30.7 Å². The van der Waals surface area contributed by atoms with Crippen LogP contribution in [0, 0.1) is 10.1 Å². The van der Waals surface area contributed by atoms with Gasteiger partial charge in [-0.25, -0.2) is 4.98 Å². The lowest BCUT2D eigenvalue weighted by Gasteiger charge is -2.09. The number of nitrogens with zero attached hydrogens (tertiary/aromatic N) is 3. The lowest BCUT2D eigenvalue weighted by molar-refractivity contribution is -0.384.